The van der Waals surface area contributed by atoms with Crippen LogP contribution in [-0.4, -0.2) is 11.5 Å². The summed E-state index contributed by atoms with van der Waals surface area (Å²) in [4.78, 5) is 7.93. The zero-order valence-corrected chi connectivity index (χ0v) is 11.6. The minimum atomic E-state index is 0.776. The van der Waals surface area contributed by atoms with Crippen LogP contribution in [0.25, 0.3) is 0 Å². The fourth-order valence-electron chi connectivity index (χ4n) is 2.57. The molecule has 0 amide bonds. The van der Waals surface area contributed by atoms with Crippen LogP contribution in [0.2, 0.25) is 0 Å². The highest BCUT2D eigenvalue weighted by atomic mass is 32.1. The molecule has 0 saturated heterocycles. The van der Waals surface area contributed by atoms with E-state index in [2.05, 4.69) is 39.6 Å². The van der Waals surface area contributed by atoms with E-state index in [1.807, 2.05) is 6.20 Å². The van der Waals surface area contributed by atoms with E-state index in [0.717, 1.165) is 18.2 Å². The standard InChI is InChI=1S/C14H18N4S/c15-17-14-16-9-12(19-14)10-18-8-4-3-6-11-5-1-2-7-13(11)18/h1-2,5,7,9H,3-4,6,8,10,15H2,(H,16,17). The predicted molar refractivity (Wildman–Crippen MR) is 80.4 cm³/mol. The third-order valence-corrected chi connectivity index (χ3v) is 4.39. The summed E-state index contributed by atoms with van der Waals surface area (Å²) in [6.45, 7) is 2.02. The molecule has 5 heteroatoms. The maximum Gasteiger partial charge on any atom is 0.197 e. The Balaban J connectivity index is 1.83. The van der Waals surface area contributed by atoms with Crippen molar-refractivity contribution < 1.29 is 0 Å². The van der Waals surface area contributed by atoms with Crippen LogP contribution in [0.5, 0.6) is 0 Å². The zero-order chi connectivity index (χ0) is 13.1. The maximum absolute atomic E-state index is 5.38. The van der Waals surface area contributed by atoms with E-state index in [1.54, 1.807) is 11.3 Å². The third-order valence-electron chi connectivity index (χ3n) is 3.48. The number of nitrogens with zero attached hydrogens (tertiary/aromatic N) is 2. The quantitative estimate of drug-likeness (QED) is 0.667. The smallest absolute Gasteiger partial charge is 0.197 e. The highest BCUT2D eigenvalue weighted by molar-refractivity contribution is 7.15. The van der Waals surface area contributed by atoms with Gasteiger partial charge in [0.2, 0.25) is 0 Å². The molecule has 2 heterocycles. The van der Waals surface area contributed by atoms with E-state index in [1.165, 1.54) is 35.4 Å². The molecular weight excluding hydrogens is 256 g/mol. The lowest BCUT2D eigenvalue weighted by Gasteiger charge is -2.24. The van der Waals surface area contributed by atoms with Gasteiger partial charge in [-0.25, -0.2) is 10.8 Å². The fourth-order valence-corrected chi connectivity index (χ4v) is 3.31. The fraction of sp³-hybridized carbons (Fsp3) is 0.357. The van der Waals surface area contributed by atoms with Crippen molar-refractivity contribution >= 4 is 22.2 Å². The number of nitrogens with one attached hydrogen (secondary N) is 1. The number of aromatic nitrogens is 1. The molecule has 1 aliphatic rings. The lowest BCUT2D eigenvalue weighted by molar-refractivity contribution is 0.717. The molecule has 0 radical (unpaired) electrons. The molecule has 0 atom stereocenters. The minimum absolute atomic E-state index is 0.776. The highest BCUT2D eigenvalue weighted by Crippen LogP contribution is 2.29. The molecule has 3 rings (SSSR count). The second kappa shape index (κ2) is 5.59. The molecule has 1 aromatic carbocycles. The van der Waals surface area contributed by atoms with Gasteiger partial charge in [0.25, 0.3) is 0 Å². The molecule has 2 aromatic rings. The number of nitrogens with two attached hydrogens (primary N) is 1. The van der Waals surface area contributed by atoms with Crippen molar-refractivity contribution in [1.29, 1.82) is 0 Å². The molecule has 0 aliphatic carbocycles. The van der Waals surface area contributed by atoms with Crippen LogP contribution in [0, 0.1) is 0 Å². The van der Waals surface area contributed by atoms with E-state index >= 15 is 0 Å². The number of anilines is 2. The van der Waals surface area contributed by atoms with Crippen LogP contribution in [0.15, 0.2) is 30.5 Å². The van der Waals surface area contributed by atoms with Crippen LogP contribution in [0.4, 0.5) is 10.8 Å². The van der Waals surface area contributed by atoms with Crippen molar-refractivity contribution in [3.63, 3.8) is 0 Å². The molecule has 1 aromatic heterocycles. The highest BCUT2D eigenvalue weighted by Gasteiger charge is 2.15. The zero-order valence-electron chi connectivity index (χ0n) is 10.8. The number of benzene rings is 1. The molecule has 0 fully saturated rings. The summed E-state index contributed by atoms with van der Waals surface area (Å²) in [5, 5.41) is 0.776. The van der Waals surface area contributed by atoms with E-state index in [0.29, 0.717) is 0 Å². The number of rotatable bonds is 3. The van der Waals surface area contributed by atoms with Gasteiger partial charge in [0.1, 0.15) is 0 Å². The molecule has 0 saturated carbocycles. The van der Waals surface area contributed by atoms with Gasteiger partial charge in [-0.2, -0.15) is 0 Å². The van der Waals surface area contributed by atoms with Crippen LogP contribution < -0.4 is 16.2 Å². The van der Waals surface area contributed by atoms with Gasteiger partial charge < -0.3 is 4.90 Å². The first-order valence-electron chi connectivity index (χ1n) is 6.61. The maximum atomic E-state index is 5.38. The summed E-state index contributed by atoms with van der Waals surface area (Å²) in [5.74, 6) is 5.38. The lowest BCUT2D eigenvalue weighted by Crippen LogP contribution is -2.22. The molecule has 0 bridgehead atoms. The Morgan fingerprint density at radius 3 is 3.05 bits per heavy atom. The Hall–Kier alpha value is -1.59. The number of fused-ring (bicyclic) bond motifs is 1. The summed E-state index contributed by atoms with van der Waals surface area (Å²) in [6.07, 6.45) is 5.61. The molecule has 0 spiro atoms. The SMILES string of the molecule is NNc1ncc(CN2CCCCc3ccccc32)s1. The van der Waals surface area contributed by atoms with Crippen molar-refractivity contribution in [2.45, 2.75) is 25.8 Å². The van der Waals surface area contributed by atoms with Crippen LogP contribution >= 0.6 is 11.3 Å². The number of aryl methyl sites for hydroxylation is 1. The molecule has 19 heavy (non-hydrogen) atoms. The molecule has 1 aliphatic heterocycles. The van der Waals surface area contributed by atoms with Gasteiger partial charge in [-0.1, -0.05) is 29.5 Å². The van der Waals surface area contributed by atoms with Crippen molar-refractivity contribution in [3.8, 4) is 0 Å². The summed E-state index contributed by atoms with van der Waals surface area (Å²) in [7, 11) is 0. The molecular formula is C14H18N4S. The average Bonchev–Trinajstić information content (AvgIpc) is 2.80. The number of para-hydroxylation sites is 1. The van der Waals surface area contributed by atoms with Gasteiger partial charge in [0.05, 0.1) is 6.54 Å². The number of hydrazine groups is 1. The van der Waals surface area contributed by atoms with E-state index in [4.69, 9.17) is 5.84 Å². The number of nitrogen functional groups attached to an aromatic ring is 1. The Labute approximate surface area is 117 Å². The third kappa shape index (κ3) is 2.72. The van der Waals surface area contributed by atoms with E-state index < -0.39 is 0 Å². The van der Waals surface area contributed by atoms with Gasteiger partial charge in [0.15, 0.2) is 5.13 Å². The van der Waals surface area contributed by atoms with Crippen molar-refractivity contribution in [2.24, 2.45) is 5.84 Å². The van der Waals surface area contributed by atoms with Crippen molar-refractivity contribution in [1.82, 2.24) is 4.98 Å². The van der Waals surface area contributed by atoms with Crippen molar-refractivity contribution in [2.75, 3.05) is 16.9 Å². The Morgan fingerprint density at radius 2 is 2.21 bits per heavy atom. The van der Waals surface area contributed by atoms with Crippen LogP contribution in [0.3, 0.4) is 0 Å². The van der Waals surface area contributed by atoms with Gasteiger partial charge in [-0.3, -0.25) is 5.43 Å². The van der Waals surface area contributed by atoms with Crippen molar-refractivity contribution in [3.05, 3.63) is 40.9 Å². The largest absolute Gasteiger partial charge is 0.366 e. The molecule has 3 N–H and O–H groups in total. The second-order valence-corrected chi connectivity index (χ2v) is 5.90. The van der Waals surface area contributed by atoms with Gasteiger partial charge in [-0.15, -0.1) is 0 Å². The Bertz CT molecular complexity index is 552. The van der Waals surface area contributed by atoms with Gasteiger partial charge in [0, 0.05) is 23.3 Å². The van der Waals surface area contributed by atoms with Gasteiger partial charge in [-0.05, 0) is 30.9 Å². The van der Waals surface area contributed by atoms with Crippen LogP contribution in [0.1, 0.15) is 23.3 Å². The Morgan fingerprint density at radius 1 is 1.32 bits per heavy atom. The predicted octanol–water partition coefficient (Wildman–Crippen LogP) is 2.77. The Kier molecular flexibility index (Phi) is 3.66. The number of thiazole rings is 1. The second-order valence-electron chi connectivity index (χ2n) is 4.78. The molecule has 0 unspecified atom stereocenters. The average molecular weight is 274 g/mol. The minimum Gasteiger partial charge on any atom is -0.366 e. The number of hydrogen-bond acceptors (Lipinski definition) is 5. The first-order chi connectivity index (χ1) is 9.36. The number of hydrogen-bond donors (Lipinski definition) is 2. The summed E-state index contributed by atoms with van der Waals surface area (Å²) in [6, 6.07) is 8.72. The van der Waals surface area contributed by atoms with Crippen LogP contribution in [-0.2, 0) is 13.0 Å². The monoisotopic (exact) mass is 274 g/mol. The first-order valence-corrected chi connectivity index (χ1v) is 7.42. The topological polar surface area (TPSA) is 54.2 Å². The summed E-state index contributed by atoms with van der Waals surface area (Å²) in [5.41, 5.74) is 5.44. The lowest BCUT2D eigenvalue weighted by atomic mass is 10.1. The van der Waals surface area contributed by atoms with E-state index in [-0.39, 0.29) is 0 Å². The summed E-state index contributed by atoms with van der Waals surface area (Å²) >= 11 is 1.62. The van der Waals surface area contributed by atoms with Gasteiger partial charge >= 0.3 is 0 Å². The molecule has 100 valence electrons. The summed E-state index contributed by atoms with van der Waals surface area (Å²) < 4.78 is 0. The molecule has 4 nitrogen and oxygen atoms in total. The first kappa shape index (κ1) is 12.4. The normalized spacial score (nSPS) is 14.9. The van der Waals surface area contributed by atoms with E-state index in [9.17, 15) is 0 Å².